The molecule has 0 radical (unpaired) electrons. The molecule has 6 heteroatoms. The molecule has 136 valence electrons. The number of halogens is 3. The summed E-state index contributed by atoms with van der Waals surface area (Å²) in [5, 5.41) is 9.94. The second-order valence-electron chi connectivity index (χ2n) is 6.17. The maximum atomic E-state index is 13.4. The molecule has 2 aromatic heterocycles. The minimum absolute atomic E-state index is 0.0650. The lowest BCUT2D eigenvalue weighted by Crippen LogP contribution is -2.08. The molecule has 3 nitrogen and oxygen atoms in total. The van der Waals surface area contributed by atoms with E-state index >= 15 is 0 Å². The van der Waals surface area contributed by atoms with Crippen molar-refractivity contribution in [3.05, 3.63) is 66.8 Å². The van der Waals surface area contributed by atoms with Gasteiger partial charge >= 0.3 is 0 Å². The Bertz CT molecular complexity index is 956. The number of hydrogen-bond donors (Lipinski definition) is 1. The predicted molar refractivity (Wildman–Crippen MR) is 115 cm³/mol. The van der Waals surface area contributed by atoms with Gasteiger partial charge in [-0.15, -0.1) is 0 Å². The number of benzene rings is 1. The van der Waals surface area contributed by atoms with E-state index in [1.54, 1.807) is 12.1 Å². The molecule has 3 rings (SSSR count). The lowest BCUT2D eigenvalue weighted by atomic mass is 10.0. The highest BCUT2D eigenvalue weighted by molar-refractivity contribution is 9.11. The van der Waals surface area contributed by atoms with Crippen molar-refractivity contribution in [3.8, 4) is 5.75 Å². The van der Waals surface area contributed by atoms with Gasteiger partial charge in [0.2, 0.25) is 5.78 Å². The summed E-state index contributed by atoms with van der Waals surface area (Å²) >= 11 is 10.3. The number of phenolic OH excluding ortho intramolecular Hbond substituents is 1. The average molecular weight is 544 g/mol. The van der Waals surface area contributed by atoms with E-state index in [0.717, 1.165) is 41.2 Å². The summed E-state index contributed by atoms with van der Waals surface area (Å²) in [6.45, 7) is 2.17. The smallest absolute Gasteiger partial charge is 0.210 e. The second-order valence-corrected chi connectivity index (χ2v) is 8.67. The minimum Gasteiger partial charge on any atom is -0.506 e. The molecule has 0 aliphatic rings. The molecule has 0 saturated heterocycles. The number of hydrogen-bond acceptors (Lipinski definition) is 2. The third-order valence-electron chi connectivity index (χ3n) is 4.40. The van der Waals surface area contributed by atoms with E-state index in [-0.39, 0.29) is 11.5 Å². The zero-order valence-electron chi connectivity index (χ0n) is 14.2. The molecule has 1 aromatic carbocycles. The van der Waals surface area contributed by atoms with E-state index in [4.69, 9.17) is 0 Å². The Labute approximate surface area is 177 Å². The SMILES string of the molecule is CCCCCc1c(Br)c2ccccn2c1C(=O)c1cc(Br)c(O)c(Br)c1. The van der Waals surface area contributed by atoms with E-state index in [0.29, 0.717) is 20.2 Å². The Balaban J connectivity index is 2.16. The first-order valence-corrected chi connectivity index (χ1v) is 10.8. The number of nitrogens with zero attached hydrogens (tertiary/aromatic N) is 1. The number of unbranched alkanes of at least 4 members (excludes halogenated alkanes) is 2. The van der Waals surface area contributed by atoms with Gasteiger partial charge in [-0.3, -0.25) is 4.79 Å². The van der Waals surface area contributed by atoms with Crippen LogP contribution in [0.2, 0.25) is 0 Å². The Morgan fingerprint density at radius 3 is 2.46 bits per heavy atom. The van der Waals surface area contributed by atoms with E-state index in [1.807, 2.05) is 28.8 Å². The van der Waals surface area contributed by atoms with Crippen LogP contribution in [0.3, 0.4) is 0 Å². The van der Waals surface area contributed by atoms with Gasteiger partial charge in [0.1, 0.15) is 5.75 Å². The van der Waals surface area contributed by atoms with Gasteiger partial charge in [-0.2, -0.15) is 0 Å². The molecule has 26 heavy (non-hydrogen) atoms. The molecule has 0 aliphatic heterocycles. The summed E-state index contributed by atoms with van der Waals surface area (Å²) < 4.78 is 3.90. The van der Waals surface area contributed by atoms with Crippen LogP contribution in [0.15, 0.2) is 49.9 Å². The molecule has 0 spiro atoms. The van der Waals surface area contributed by atoms with Crippen LogP contribution in [0.4, 0.5) is 0 Å². The number of aromatic nitrogens is 1. The number of carbonyl (C=O) groups is 1. The molecule has 0 atom stereocenters. The van der Waals surface area contributed by atoms with E-state index in [2.05, 4.69) is 54.7 Å². The van der Waals surface area contributed by atoms with Crippen molar-refractivity contribution in [2.45, 2.75) is 32.6 Å². The molecule has 0 unspecified atom stereocenters. The summed E-state index contributed by atoms with van der Waals surface area (Å²) in [7, 11) is 0. The molecular formula is C20H18Br3NO2. The monoisotopic (exact) mass is 541 g/mol. The number of ketones is 1. The number of pyridine rings is 1. The second kappa shape index (κ2) is 8.28. The minimum atomic E-state index is -0.0650. The van der Waals surface area contributed by atoms with Gasteiger partial charge in [0.25, 0.3) is 0 Å². The molecule has 0 saturated carbocycles. The Kier molecular flexibility index (Phi) is 6.25. The van der Waals surface area contributed by atoms with Crippen LogP contribution in [0, 0.1) is 0 Å². The molecule has 0 fully saturated rings. The van der Waals surface area contributed by atoms with E-state index < -0.39 is 0 Å². The first-order valence-electron chi connectivity index (χ1n) is 8.45. The third kappa shape index (κ3) is 3.64. The average Bonchev–Trinajstić information content (AvgIpc) is 2.91. The Morgan fingerprint density at radius 2 is 1.81 bits per heavy atom. The lowest BCUT2D eigenvalue weighted by molar-refractivity contribution is 0.103. The van der Waals surface area contributed by atoms with Crippen molar-refractivity contribution in [3.63, 3.8) is 0 Å². The maximum Gasteiger partial charge on any atom is 0.210 e. The maximum absolute atomic E-state index is 13.4. The van der Waals surface area contributed by atoms with E-state index in [1.165, 1.54) is 0 Å². The van der Waals surface area contributed by atoms with Gasteiger partial charge < -0.3 is 9.51 Å². The van der Waals surface area contributed by atoms with Gasteiger partial charge in [0.15, 0.2) is 0 Å². The fraction of sp³-hybridized carbons (Fsp3) is 0.250. The summed E-state index contributed by atoms with van der Waals surface area (Å²) in [5.74, 6) is 0.0238. The molecule has 3 aromatic rings. The summed E-state index contributed by atoms with van der Waals surface area (Å²) in [6.07, 6.45) is 6.06. The van der Waals surface area contributed by atoms with Gasteiger partial charge in [0.05, 0.1) is 20.2 Å². The van der Waals surface area contributed by atoms with Crippen molar-refractivity contribution in [2.24, 2.45) is 0 Å². The van der Waals surface area contributed by atoms with Crippen LogP contribution in [0.25, 0.3) is 5.52 Å². The van der Waals surface area contributed by atoms with Crippen molar-refractivity contribution in [1.82, 2.24) is 4.40 Å². The molecule has 1 N–H and O–H groups in total. The number of phenols is 1. The van der Waals surface area contributed by atoms with Crippen LogP contribution in [-0.2, 0) is 6.42 Å². The largest absolute Gasteiger partial charge is 0.506 e. The summed E-state index contributed by atoms with van der Waals surface area (Å²) in [4.78, 5) is 13.4. The highest BCUT2D eigenvalue weighted by Crippen LogP contribution is 2.36. The van der Waals surface area contributed by atoms with Gasteiger partial charge in [0, 0.05) is 16.2 Å². The zero-order valence-corrected chi connectivity index (χ0v) is 19.0. The highest BCUT2D eigenvalue weighted by atomic mass is 79.9. The first kappa shape index (κ1) is 19.6. The Morgan fingerprint density at radius 1 is 1.12 bits per heavy atom. The standard InChI is InChI=1S/C20H18Br3NO2/c1-2-3-4-7-13-17(23)16-8-5-6-9-24(16)18(13)19(25)12-10-14(21)20(26)15(22)11-12/h5-6,8-11,26H,2-4,7H2,1H3. The molecule has 0 aliphatic carbocycles. The highest BCUT2D eigenvalue weighted by Gasteiger charge is 2.23. The van der Waals surface area contributed by atoms with Crippen molar-refractivity contribution in [2.75, 3.05) is 0 Å². The predicted octanol–water partition coefficient (Wildman–Crippen LogP) is 6.90. The summed E-state index contributed by atoms with van der Waals surface area (Å²) in [6, 6.07) is 9.22. The molecule has 0 amide bonds. The first-order chi connectivity index (χ1) is 12.5. The van der Waals surface area contributed by atoms with Crippen LogP contribution in [-0.4, -0.2) is 15.3 Å². The molecule has 2 heterocycles. The topological polar surface area (TPSA) is 41.7 Å². The lowest BCUT2D eigenvalue weighted by Gasteiger charge is -2.09. The van der Waals surface area contributed by atoms with Crippen LogP contribution >= 0.6 is 47.8 Å². The van der Waals surface area contributed by atoms with Crippen molar-refractivity contribution >= 4 is 59.1 Å². The van der Waals surface area contributed by atoms with Crippen LogP contribution < -0.4 is 0 Å². The van der Waals surface area contributed by atoms with Crippen LogP contribution in [0.1, 0.15) is 47.8 Å². The van der Waals surface area contributed by atoms with Gasteiger partial charge in [-0.05, 0) is 90.5 Å². The van der Waals surface area contributed by atoms with Crippen molar-refractivity contribution < 1.29 is 9.90 Å². The number of aromatic hydroxyl groups is 1. The molecule has 0 bridgehead atoms. The summed E-state index contributed by atoms with van der Waals surface area (Å²) in [5.41, 5.74) is 3.22. The van der Waals surface area contributed by atoms with Gasteiger partial charge in [-0.25, -0.2) is 0 Å². The van der Waals surface area contributed by atoms with Crippen molar-refractivity contribution in [1.29, 1.82) is 0 Å². The quantitative estimate of drug-likeness (QED) is 0.271. The number of carbonyl (C=O) groups excluding carboxylic acids is 1. The Hall–Kier alpha value is -1.11. The fourth-order valence-electron chi connectivity index (χ4n) is 3.08. The van der Waals surface area contributed by atoms with Crippen LogP contribution in [0.5, 0.6) is 5.75 Å². The third-order valence-corrected chi connectivity index (χ3v) is 6.49. The fourth-order valence-corrected chi connectivity index (χ4v) is 4.98. The normalized spacial score (nSPS) is 11.2. The number of fused-ring (bicyclic) bond motifs is 1. The van der Waals surface area contributed by atoms with E-state index in [9.17, 15) is 9.90 Å². The number of rotatable bonds is 6. The molecular weight excluding hydrogens is 526 g/mol. The van der Waals surface area contributed by atoms with Gasteiger partial charge in [-0.1, -0.05) is 25.8 Å². The zero-order chi connectivity index (χ0) is 18.8.